The molecular weight excluding hydrogens is 399 g/mol. The molecule has 0 spiro atoms. The van der Waals surface area contributed by atoms with Crippen LogP contribution in [0.5, 0.6) is 5.88 Å². The van der Waals surface area contributed by atoms with Gasteiger partial charge in [-0.05, 0) is 30.7 Å². The molecule has 11 heteroatoms. The first kappa shape index (κ1) is 19.9. The summed E-state index contributed by atoms with van der Waals surface area (Å²) < 4.78 is 66.2. The van der Waals surface area contributed by atoms with Crippen LogP contribution in [0.25, 0.3) is 0 Å². The third kappa shape index (κ3) is 4.91. The lowest BCUT2D eigenvalue weighted by atomic mass is 10.2. The van der Waals surface area contributed by atoms with E-state index in [-0.39, 0.29) is 22.9 Å². The number of sulfonamides is 1. The van der Waals surface area contributed by atoms with Crippen molar-refractivity contribution in [2.75, 3.05) is 28.5 Å². The minimum Gasteiger partial charge on any atom is -0.468 e. The van der Waals surface area contributed by atoms with Crippen LogP contribution < -0.4 is 14.4 Å². The van der Waals surface area contributed by atoms with Crippen LogP contribution in [0.2, 0.25) is 0 Å². The number of hydrogen-bond acceptors (Lipinski definition) is 5. The highest BCUT2D eigenvalue weighted by atomic mass is 32.2. The SMILES string of the molecule is O=C(Nc1ccc(OCC(F)(F)F)nc1)c1cccc(N2CCCS2(=O)=O)c1. The van der Waals surface area contributed by atoms with E-state index in [0.717, 1.165) is 0 Å². The summed E-state index contributed by atoms with van der Waals surface area (Å²) in [4.78, 5) is 16.1. The number of rotatable bonds is 5. The Balaban J connectivity index is 1.67. The van der Waals surface area contributed by atoms with E-state index in [0.29, 0.717) is 18.7 Å². The number of carbonyl (C=O) groups is 1. The quantitative estimate of drug-likeness (QED) is 0.811. The van der Waals surface area contributed by atoms with Crippen molar-refractivity contribution in [2.24, 2.45) is 0 Å². The molecule has 1 aromatic carbocycles. The smallest absolute Gasteiger partial charge is 0.422 e. The van der Waals surface area contributed by atoms with Crippen LogP contribution >= 0.6 is 0 Å². The van der Waals surface area contributed by atoms with Crippen molar-refractivity contribution in [1.82, 2.24) is 4.98 Å². The molecule has 150 valence electrons. The van der Waals surface area contributed by atoms with Crippen molar-refractivity contribution in [3.8, 4) is 5.88 Å². The third-order valence-electron chi connectivity index (χ3n) is 3.87. The van der Waals surface area contributed by atoms with Gasteiger partial charge in [0.15, 0.2) is 6.61 Å². The number of halogens is 3. The summed E-state index contributed by atoms with van der Waals surface area (Å²) in [5, 5.41) is 2.55. The van der Waals surface area contributed by atoms with Gasteiger partial charge in [-0.2, -0.15) is 13.2 Å². The number of carbonyl (C=O) groups excluding carboxylic acids is 1. The minimum absolute atomic E-state index is 0.0673. The minimum atomic E-state index is -4.47. The molecule has 0 aliphatic carbocycles. The molecule has 1 fully saturated rings. The first-order valence-electron chi connectivity index (χ1n) is 8.21. The van der Waals surface area contributed by atoms with Crippen molar-refractivity contribution < 1.29 is 31.1 Å². The number of nitrogens with zero attached hydrogens (tertiary/aromatic N) is 2. The van der Waals surface area contributed by atoms with E-state index in [1.54, 1.807) is 12.1 Å². The lowest BCUT2D eigenvalue weighted by Gasteiger charge is -2.17. The molecule has 1 N–H and O–H groups in total. The van der Waals surface area contributed by atoms with Gasteiger partial charge in [0.05, 0.1) is 23.3 Å². The van der Waals surface area contributed by atoms with Crippen molar-refractivity contribution >= 4 is 27.3 Å². The van der Waals surface area contributed by atoms with Gasteiger partial charge in [-0.3, -0.25) is 9.10 Å². The van der Waals surface area contributed by atoms with Crippen LogP contribution in [0.1, 0.15) is 16.8 Å². The number of nitrogens with one attached hydrogen (secondary N) is 1. The van der Waals surface area contributed by atoms with E-state index < -0.39 is 28.7 Å². The van der Waals surface area contributed by atoms with Gasteiger partial charge in [-0.15, -0.1) is 0 Å². The van der Waals surface area contributed by atoms with Gasteiger partial charge in [0, 0.05) is 18.2 Å². The maximum Gasteiger partial charge on any atom is 0.422 e. The van der Waals surface area contributed by atoms with E-state index in [1.165, 1.54) is 34.8 Å². The Morgan fingerprint density at radius 2 is 2.04 bits per heavy atom. The molecule has 1 aliphatic rings. The first-order chi connectivity index (χ1) is 13.1. The molecule has 1 saturated heterocycles. The summed E-state index contributed by atoms with van der Waals surface area (Å²) in [6.45, 7) is -1.10. The summed E-state index contributed by atoms with van der Waals surface area (Å²) in [6, 6.07) is 8.72. The van der Waals surface area contributed by atoms with Crippen LogP contribution in [0.4, 0.5) is 24.5 Å². The maximum absolute atomic E-state index is 12.4. The fourth-order valence-corrected chi connectivity index (χ4v) is 4.19. The topological polar surface area (TPSA) is 88.6 Å². The van der Waals surface area contributed by atoms with Gasteiger partial charge in [-0.25, -0.2) is 13.4 Å². The summed E-state index contributed by atoms with van der Waals surface area (Å²) in [5.41, 5.74) is 0.889. The van der Waals surface area contributed by atoms with E-state index in [1.807, 2.05) is 0 Å². The molecule has 0 radical (unpaired) electrons. The molecule has 28 heavy (non-hydrogen) atoms. The number of amides is 1. The van der Waals surface area contributed by atoms with Gasteiger partial charge in [0.1, 0.15) is 0 Å². The van der Waals surface area contributed by atoms with Crippen LogP contribution in [0.3, 0.4) is 0 Å². The van der Waals surface area contributed by atoms with E-state index in [9.17, 15) is 26.4 Å². The number of hydrogen-bond donors (Lipinski definition) is 1. The van der Waals surface area contributed by atoms with Gasteiger partial charge in [0.2, 0.25) is 15.9 Å². The highest BCUT2D eigenvalue weighted by Crippen LogP contribution is 2.25. The van der Waals surface area contributed by atoms with Crippen LogP contribution in [-0.4, -0.2) is 44.4 Å². The fourth-order valence-electron chi connectivity index (χ4n) is 2.63. The molecule has 0 saturated carbocycles. The monoisotopic (exact) mass is 415 g/mol. The molecule has 2 aromatic rings. The van der Waals surface area contributed by atoms with Crippen LogP contribution in [-0.2, 0) is 10.0 Å². The summed E-state index contributed by atoms with van der Waals surface area (Å²) in [6.07, 6.45) is -2.78. The number of aromatic nitrogens is 1. The Hall–Kier alpha value is -2.82. The zero-order chi connectivity index (χ0) is 20.4. The predicted molar refractivity (Wildman–Crippen MR) is 95.9 cm³/mol. The summed E-state index contributed by atoms with van der Waals surface area (Å²) >= 11 is 0. The molecular formula is C17H16F3N3O4S. The van der Waals surface area contributed by atoms with Crippen molar-refractivity contribution in [3.05, 3.63) is 48.2 Å². The van der Waals surface area contributed by atoms with Gasteiger partial charge < -0.3 is 10.1 Å². The zero-order valence-electron chi connectivity index (χ0n) is 14.4. The van der Waals surface area contributed by atoms with Crippen molar-refractivity contribution in [3.63, 3.8) is 0 Å². The Labute approximate surface area is 159 Å². The Kier molecular flexibility index (Phi) is 5.45. The first-order valence-corrected chi connectivity index (χ1v) is 9.82. The second kappa shape index (κ2) is 7.66. The Morgan fingerprint density at radius 3 is 2.64 bits per heavy atom. The standard InChI is InChI=1S/C17H16F3N3O4S/c18-17(19,20)11-27-15-6-5-13(10-21-15)22-16(24)12-3-1-4-14(9-12)23-7-2-8-28(23,25)26/h1,3-6,9-10H,2,7-8,11H2,(H,22,24). The normalized spacial score (nSPS) is 16.0. The van der Waals surface area contributed by atoms with Crippen LogP contribution in [0, 0.1) is 0 Å². The maximum atomic E-state index is 12.4. The molecule has 2 heterocycles. The number of benzene rings is 1. The molecule has 0 bridgehead atoms. The number of pyridine rings is 1. The largest absolute Gasteiger partial charge is 0.468 e. The Bertz CT molecular complexity index is 962. The molecule has 1 aromatic heterocycles. The van der Waals surface area contributed by atoms with Crippen molar-refractivity contribution in [2.45, 2.75) is 12.6 Å². The van der Waals surface area contributed by atoms with Gasteiger partial charge in [0.25, 0.3) is 5.91 Å². The molecule has 0 unspecified atom stereocenters. The Morgan fingerprint density at radius 1 is 1.25 bits per heavy atom. The number of anilines is 2. The molecule has 1 aliphatic heterocycles. The lowest BCUT2D eigenvalue weighted by Crippen LogP contribution is -2.25. The highest BCUT2D eigenvalue weighted by molar-refractivity contribution is 7.93. The third-order valence-corrected chi connectivity index (χ3v) is 5.74. The lowest BCUT2D eigenvalue weighted by molar-refractivity contribution is -0.154. The summed E-state index contributed by atoms with van der Waals surface area (Å²) in [5.74, 6) is -0.668. The molecule has 3 rings (SSSR count). The van der Waals surface area contributed by atoms with Gasteiger partial charge >= 0.3 is 6.18 Å². The average Bonchev–Trinajstić information content (AvgIpc) is 3.00. The summed E-state index contributed by atoms with van der Waals surface area (Å²) in [7, 11) is -3.36. The molecule has 7 nitrogen and oxygen atoms in total. The zero-order valence-corrected chi connectivity index (χ0v) is 15.3. The van der Waals surface area contributed by atoms with E-state index >= 15 is 0 Å². The number of ether oxygens (including phenoxy) is 1. The molecule has 1 amide bonds. The van der Waals surface area contributed by atoms with Crippen LogP contribution in [0.15, 0.2) is 42.6 Å². The number of alkyl halides is 3. The van der Waals surface area contributed by atoms with Crippen molar-refractivity contribution in [1.29, 1.82) is 0 Å². The van der Waals surface area contributed by atoms with E-state index in [4.69, 9.17) is 0 Å². The second-order valence-electron chi connectivity index (χ2n) is 6.04. The second-order valence-corrected chi connectivity index (χ2v) is 8.05. The van der Waals surface area contributed by atoms with Gasteiger partial charge in [-0.1, -0.05) is 6.07 Å². The average molecular weight is 415 g/mol. The molecule has 0 atom stereocenters. The highest BCUT2D eigenvalue weighted by Gasteiger charge is 2.29. The predicted octanol–water partition coefficient (Wildman–Crippen LogP) is 2.81. The fraction of sp³-hybridized carbons (Fsp3) is 0.294. The van der Waals surface area contributed by atoms with E-state index in [2.05, 4.69) is 15.0 Å².